The predicted octanol–water partition coefficient (Wildman–Crippen LogP) is 3.64. The van der Waals surface area contributed by atoms with Crippen molar-refractivity contribution in [1.29, 1.82) is 0 Å². The molecule has 1 unspecified atom stereocenters. The molecule has 0 spiro atoms. The van der Waals surface area contributed by atoms with E-state index in [0.29, 0.717) is 6.92 Å². The van der Waals surface area contributed by atoms with E-state index in [-0.39, 0.29) is 21.1 Å². The molecule has 0 fully saturated rings. The Morgan fingerprint density at radius 3 is 2.33 bits per heavy atom. The normalized spacial score (nSPS) is 15.9. The van der Waals surface area contributed by atoms with E-state index in [1.807, 2.05) is 0 Å². The highest BCUT2D eigenvalue weighted by atomic mass is 35.5. The van der Waals surface area contributed by atoms with Gasteiger partial charge in [0.15, 0.2) is 0 Å². The number of imidazole rings is 1. The summed E-state index contributed by atoms with van der Waals surface area (Å²) in [5, 5.41) is 9.84. The zero-order chi connectivity index (χ0) is 13.7. The Morgan fingerprint density at radius 2 is 1.78 bits per heavy atom. The lowest BCUT2D eigenvalue weighted by atomic mass is 10.1. The predicted molar refractivity (Wildman–Crippen MR) is 61.7 cm³/mol. The van der Waals surface area contributed by atoms with E-state index in [0.717, 1.165) is 0 Å². The topological polar surface area (TPSA) is 48.9 Å². The highest BCUT2D eigenvalue weighted by Gasteiger charge is 2.53. The van der Waals surface area contributed by atoms with Gasteiger partial charge in [0.25, 0.3) is 0 Å². The first kappa shape index (κ1) is 13.5. The molecule has 1 atom stereocenters. The number of aromatic amines is 1. The van der Waals surface area contributed by atoms with Gasteiger partial charge in [0.2, 0.25) is 5.60 Å². The molecule has 0 saturated heterocycles. The second-order valence-corrected chi connectivity index (χ2v) is 4.75. The summed E-state index contributed by atoms with van der Waals surface area (Å²) < 4.78 is 37.9. The number of fused-ring (bicyclic) bond motifs is 1. The quantitative estimate of drug-likeness (QED) is 0.844. The van der Waals surface area contributed by atoms with E-state index >= 15 is 0 Å². The molecule has 1 aromatic carbocycles. The molecule has 2 N–H and O–H groups in total. The van der Waals surface area contributed by atoms with Crippen molar-refractivity contribution in [3.63, 3.8) is 0 Å². The van der Waals surface area contributed by atoms with E-state index in [2.05, 4.69) is 9.97 Å². The molecule has 0 aliphatic rings. The van der Waals surface area contributed by atoms with Crippen molar-refractivity contribution in [2.24, 2.45) is 0 Å². The fourth-order valence-electron chi connectivity index (χ4n) is 1.37. The van der Waals surface area contributed by atoms with E-state index in [4.69, 9.17) is 23.2 Å². The van der Waals surface area contributed by atoms with Crippen molar-refractivity contribution >= 4 is 34.2 Å². The monoisotopic (exact) mass is 298 g/mol. The van der Waals surface area contributed by atoms with E-state index in [9.17, 15) is 18.3 Å². The van der Waals surface area contributed by atoms with Gasteiger partial charge in [0.1, 0.15) is 5.82 Å². The van der Waals surface area contributed by atoms with Crippen LogP contribution in [-0.4, -0.2) is 21.3 Å². The summed E-state index contributed by atoms with van der Waals surface area (Å²) in [7, 11) is 0. The number of halogens is 5. The minimum Gasteiger partial charge on any atom is -0.374 e. The average Bonchev–Trinajstić information content (AvgIpc) is 2.60. The van der Waals surface area contributed by atoms with Crippen molar-refractivity contribution in [1.82, 2.24) is 9.97 Å². The zero-order valence-corrected chi connectivity index (χ0v) is 10.5. The molecule has 3 nitrogen and oxygen atoms in total. The number of aliphatic hydroxyl groups is 1. The first-order chi connectivity index (χ1) is 8.13. The maximum Gasteiger partial charge on any atom is 0.424 e. The molecule has 18 heavy (non-hydrogen) atoms. The molecule has 8 heteroatoms. The number of nitrogens with zero attached hydrogens (tertiary/aromatic N) is 1. The third-order valence-corrected chi connectivity index (χ3v) is 3.26. The minimum absolute atomic E-state index is 0.175. The van der Waals surface area contributed by atoms with Crippen LogP contribution in [-0.2, 0) is 5.60 Å². The van der Waals surface area contributed by atoms with Crippen LogP contribution in [0, 0.1) is 0 Å². The van der Waals surface area contributed by atoms with Gasteiger partial charge >= 0.3 is 6.18 Å². The summed E-state index contributed by atoms with van der Waals surface area (Å²) in [5.41, 5.74) is -2.60. The Kier molecular flexibility index (Phi) is 3.00. The largest absolute Gasteiger partial charge is 0.424 e. The molecule has 0 radical (unpaired) electrons. The number of aromatic nitrogens is 2. The number of nitrogens with one attached hydrogen (secondary N) is 1. The van der Waals surface area contributed by atoms with Gasteiger partial charge in [-0.25, -0.2) is 4.98 Å². The van der Waals surface area contributed by atoms with Crippen LogP contribution in [0.25, 0.3) is 11.0 Å². The Bertz CT molecular complexity index is 568. The van der Waals surface area contributed by atoms with Crippen molar-refractivity contribution in [2.75, 3.05) is 0 Å². The van der Waals surface area contributed by atoms with Gasteiger partial charge < -0.3 is 10.1 Å². The Hall–Kier alpha value is -0.980. The van der Waals surface area contributed by atoms with E-state index < -0.39 is 17.6 Å². The summed E-state index contributed by atoms with van der Waals surface area (Å²) in [4.78, 5) is 6.07. The Morgan fingerprint density at radius 1 is 1.22 bits per heavy atom. The molecule has 1 aromatic heterocycles. The van der Waals surface area contributed by atoms with Crippen molar-refractivity contribution < 1.29 is 18.3 Å². The highest BCUT2D eigenvalue weighted by molar-refractivity contribution is 6.42. The van der Waals surface area contributed by atoms with Crippen molar-refractivity contribution in [3.05, 3.63) is 28.0 Å². The van der Waals surface area contributed by atoms with Gasteiger partial charge in [-0.1, -0.05) is 23.2 Å². The summed E-state index contributed by atoms with van der Waals surface area (Å²) in [5.74, 6) is -0.608. The summed E-state index contributed by atoms with van der Waals surface area (Å²) >= 11 is 11.5. The number of H-pyrrole nitrogens is 1. The van der Waals surface area contributed by atoms with Gasteiger partial charge in [0, 0.05) is 0 Å². The molecule has 0 aliphatic carbocycles. The molecule has 0 aliphatic heterocycles. The van der Waals surface area contributed by atoms with Crippen LogP contribution in [0.2, 0.25) is 10.0 Å². The van der Waals surface area contributed by atoms with Gasteiger partial charge in [-0.2, -0.15) is 13.2 Å². The number of hydrogen-bond donors (Lipinski definition) is 2. The smallest absolute Gasteiger partial charge is 0.374 e. The van der Waals surface area contributed by atoms with Crippen LogP contribution in [0.3, 0.4) is 0 Å². The molecular formula is C10H7Cl2F3N2O. The molecule has 1 heterocycles. The highest BCUT2D eigenvalue weighted by Crippen LogP contribution is 2.38. The first-order valence-corrected chi connectivity index (χ1v) is 5.53. The fourth-order valence-corrected chi connectivity index (χ4v) is 1.69. The van der Waals surface area contributed by atoms with Crippen molar-refractivity contribution in [2.45, 2.75) is 18.7 Å². The Balaban J connectivity index is 2.61. The zero-order valence-electron chi connectivity index (χ0n) is 8.94. The average molecular weight is 299 g/mol. The number of hydrogen-bond acceptors (Lipinski definition) is 2. The molecule has 0 bridgehead atoms. The SMILES string of the molecule is CC(O)(c1nc2cc(Cl)c(Cl)cc2[nH]1)C(F)(F)F. The molecule has 98 valence electrons. The van der Waals surface area contributed by atoms with Gasteiger partial charge in [-0.3, -0.25) is 0 Å². The molecular weight excluding hydrogens is 292 g/mol. The van der Waals surface area contributed by atoms with Crippen LogP contribution in [0.4, 0.5) is 13.2 Å². The maximum absolute atomic E-state index is 12.6. The third kappa shape index (κ3) is 2.04. The maximum atomic E-state index is 12.6. The number of rotatable bonds is 1. The molecule has 0 saturated carbocycles. The first-order valence-electron chi connectivity index (χ1n) is 4.77. The van der Waals surface area contributed by atoms with Crippen LogP contribution < -0.4 is 0 Å². The van der Waals surface area contributed by atoms with Crippen LogP contribution >= 0.6 is 23.2 Å². The molecule has 2 rings (SSSR count). The summed E-state index contributed by atoms with van der Waals surface area (Å²) in [6, 6.07) is 2.67. The van der Waals surface area contributed by atoms with Crippen LogP contribution in [0.15, 0.2) is 12.1 Å². The van der Waals surface area contributed by atoms with Gasteiger partial charge in [-0.15, -0.1) is 0 Å². The molecule has 0 amide bonds. The minimum atomic E-state index is -4.84. The number of benzene rings is 1. The summed E-state index contributed by atoms with van der Waals surface area (Å²) in [6.07, 6.45) is -4.84. The fraction of sp³-hybridized carbons (Fsp3) is 0.300. The Labute approximate surface area is 110 Å². The van der Waals surface area contributed by atoms with E-state index in [1.54, 1.807) is 0 Å². The molecule has 2 aromatic rings. The third-order valence-electron chi connectivity index (χ3n) is 2.54. The number of alkyl halides is 3. The second-order valence-electron chi connectivity index (χ2n) is 3.94. The van der Waals surface area contributed by atoms with Crippen molar-refractivity contribution in [3.8, 4) is 0 Å². The lowest BCUT2D eigenvalue weighted by molar-refractivity contribution is -0.261. The van der Waals surface area contributed by atoms with Gasteiger partial charge in [0.05, 0.1) is 21.1 Å². The lowest BCUT2D eigenvalue weighted by Gasteiger charge is -2.23. The van der Waals surface area contributed by atoms with Crippen LogP contribution in [0.5, 0.6) is 0 Å². The second kappa shape index (κ2) is 4.01. The van der Waals surface area contributed by atoms with Gasteiger partial charge in [-0.05, 0) is 19.1 Å². The van der Waals surface area contributed by atoms with Crippen LogP contribution in [0.1, 0.15) is 12.7 Å². The van der Waals surface area contributed by atoms with E-state index in [1.165, 1.54) is 12.1 Å². The lowest BCUT2D eigenvalue weighted by Crippen LogP contribution is -2.40. The summed E-state index contributed by atoms with van der Waals surface area (Å²) in [6.45, 7) is 0.619. The standard InChI is InChI=1S/C10H7Cl2F3N2O/c1-9(18,10(13,14)15)8-16-6-2-4(11)5(12)3-7(6)17-8/h2-3,18H,1H3,(H,16,17).